The van der Waals surface area contributed by atoms with Gasteiger partial charge in [-0.25, -0.2) is 4.83 Å². The van der Waals surface area contributed by atoms with E-state index in [1.54, 1.807) is 18.2 Å². The first-order valence-corrected chi connectivity index (χ1v) is 9.76. The fraction of sp³-hybridized carbons (Fsp3) is 0.278. The molecular weight excluding hydrogens is 370 g/mol. The van der Waals surface area contributed by atoms with Crippen LogP contribution in [-0.2, 0) is 10.0 Å². The quantitative estimate of drug-likeness (QED) is 0.422. The lowest BCUT2D eigenvalue weighted by molar-refractivity contribution is -0.385. The van der Waals surface area contributed by atoms with E-state index in [4.69, 9.17) is 4.74 Å². The molecule has 2 rings (SSSR count). The maximum atomic E-state index is 12.3. The highest BCUT2D eigenvalue weighted by Crippen LogP contribution is 2.27. The molecule has 144 valence electrons. The number of hydrogen-bond donors (Lipinski definition) is 1. The van der Waals surface area contributed by atoms with Gasteiger partial charge in [0.2, 0.25) is 0 Å². The zero-order valence-corrected chi connectivity index (χ0v) is 16.1. The molecule has 0 saturated heterocycles. The number of ether oxygens (including phenoxy) is 1. The molecule has 8 nitrogen and oxygen atoms in total. The van der Waals surface area contributed by atoms with E-state index in [2.05, 4.69) is 9.93 Å². The van der Waals surface area contributed by atoms with Crippen LogP contribution in [0.1, 0.15) is 30.0 Å². The van der Waals surface area contributed by atoms with E-state index in [-0.39, 0.29) is 16.3 Å². The average Bonchev–Trinajstić information content (AvgIpc) is 2.62. The third-order valence-corrected chi connectivity index (χ3v) is 5.04. The number of nitrogens with zero attached hydrogens (tertiary/aromatic N) is 2. The van der Waals surface area contributed by atoms with Gasteiger partial charge in [0.25, 0.3) is 10.0 Å². The molecule has 0 unspecified atom stereocenters. The minimum absolute atomic E-state index is 0.0945. The van der Waals surface area contributed by atoms with Crippen LogP contribution in [0.15, 0.2) is 46.4 Å². The summed E-state index contributed by atoms with van der Waals surface area (Å²) in [6, 6.07) is 9.06. The molecule has 9 heteroatoms. The third-order valence-electron chi connectivity index (χ3n) is 3.82. The number of hydrazone groups is 1. The lowest BCUT2D eigenvalue weighted by atomic mass is 10.1. The molecule has 27 heavy (non-hydrogen) atoms. The Balaban J connectivity index is 2.18. The summed E-state index contributed by atoms with van der Waals surface area (Å²) in [5, 5.41) is 14.9. The van der Waals surface area contributed by atoms with Gasteiger partial charge in [-0.05, 0) is 55.7 Å². The molecule has 0 aliphatic rings. The molecule has 0 saturated carbocycles. The molecule has 0 aromatic heterocycles. The maximum absolute atomic E-state index is 12.3. The van der Waals surface area contributed by atoms with Gasteiger partial charge < -0.3 is 4.74 Å². The van der Waals surface area contributed by atoms with E-state index < -0.39 is 14.9 Å². The molecule has 0 atom stereocenters. The average molecular weight is 391 g/mol. The molecule has 1 N–H and O–H groups in total. The molecule has 0 fully saturated rings. The highest BCUT2D eigenvalue weighted by molar-refractivity contribution is 7.89. The van der Waals surface area contributed by atoms with Crippen LogP contribution >= 0.6 is 0 Å². The normalized spacial score (nSPS) is 11.5. The molecule has 0 radical (unpaired) electrons. The fourth-order valence-electron chi connectivity index (χ4n) is 2.20. The largest absolute Gasteiger partial charge is 0.487 e. The highest BCUT2D eigenvalue weighted by Gasteiger charge is 2.16. The lowest BCUT2D eigenvalue weighted by Gasteiger charge is -2.07. The number of sulfonamides is 1. The van der Waals surface area contributed by atoms with Gasteiger partial charge >= 0.3 is 5.69 Å². The second-order valence-corrected chi connectivity index (χ2v) is 7.59. The Morgan fingerprint density at radius 2 is 1.93 bits per heavy atom. The fourth-order valence-corrected chi connectivity index (χ4v) is 3.07. The Kier molecular flexibility index (Phi) is 6.51. The van der Waals surface area contributed by atoms with Crippen molar-refractivity contribution in [2.45, 2.75) is 32.1 Å². The SMILES string of the molecule is CCCOc1ccc(/C=N/NS(=O)(=O)c2ccc(C)c(C)c2)cc1[N+](=O)[O-]. The first kappa shape index (κ1) is 20.4. The Morgan fingerprint density at radius 1 is 1.19 bits per heavy atom. The standard InChI is InChI=1S/C18H21N3O5S/c1-4-9-26-18-8-6-15(11-17(18)21(22)23)12-19-20-27(24,25)16-7-5-13(2)14(3)10-16/h5-8,10-12,20H,4,9H2,1-3H3/b19-12+. The number of hydrogen-bond acceptors (Lipinski definition) is 6. The van der Waals surface area contributed by atoms with Crippen LogP contribution in [0.3, 0.4) is 0 Å². The van der Waals surface area contributed by atoms with Crippen molar-refractivity contribution in [3.05, 3.63) is 63.2 Å². The lowest BCUT2D eigenvalue weighted by Crippen LogP contribution is -2.18. The second kappa shape index (κ2) is 8.63. The van der Waals surface area contributed by atoms with Gasteiger partial charge in [0.1, 0.15) is 0 Å². The first-order valence-electron chi connectivity index (χ1n) is 8.28. The Morgan fingerprint density at radius 3 is 2.56 bits per heavy atom. The van der Waals surface area contributed by atoms with Crippen LogP contribution in [-0.4, -0.2) is 26.2 Å². The molecule has 0 spiro atoms. The van der Waals surface area contributed by atoms with E-state index in [0.717, 1.165) is 17.5 Å². The molecule has 0 heterocycles. The van der Waals surface area contributed by atoms with Gasteiger partial charge in [0.05, 0.1) is 22.6 Å². The number of nitro benzene ring substituents is 1. The van der Waals surface area contributed by atoms with Crippen LogP contribution in [0.25, 0.3) is 0 Å². The van der Waals surface area contributed by atoms with E-state index in [9.17, 15) is 18.5 Å². The topological polar surface area (TPSA) is 111 Å². The Hall–Kier alpha value is -2.94. The molecule has 0 aliphatic carbocycles. The van der Waals surface area contributed by atoms with E-state index in [1.807, 2.05) is 20.8 Å². The third kappa shape index (κ3) is 5.27. The summed E-state index contributed by atoms with van der Waals surface area (Å²) in [7, 11) is -3.82. The predicted octanol–water partition coefficient (Wildman–Crippen LogP) is 3.31. The summed E-state index contributed by atoms with van der Waals surface area (Å²) >= 11 is 0. The van der Waals surface area contributed by atoms with Crippen LogP contribution in [0, 0.1) is 24.0 Å². The Labute approximate surface area is 158 Å². The van der Waals surface area contributed by atoms with Gasteiger partial charge in [-0.3, -0.25) is 10.1 Å². The summed E-state index contributed by atoms with van der Waals surface area (Å²) in [5.41, 5.74) is 1.99. The van der Waals surface area contributed by atoms with Crippen molar-refractivity contribution in [1.29, 1.82) is 0 Å². The van der Waals surface area contributed by atoms with Gasteiger partial charge in [-0.2, -0.15) is 13.5 Å². The van der Waals surface area contributed by atoms with E-state index in [1.165, 1.54) is 24.4 Å². The van der Waals surface area contributed by atoms with Crippen molar-refractivity contribution in [2.75, 3.05) is 6.61 Å². The van der Waals surface area contributed by atoms with Crippen molar-refractivity contribution in [2.24, 2.45) is 5.10 Å². The van der Waals surface area contributed by atoms with Crippen molar-refractivity contribution < 1.29 is 18.1 Å². The monoisotopic (exact) mass is 391 g/mol. The van der Waals surface area contributed by atoms with Crippen molar-refractivity contribution >= 4 is 21.9 Å². The van der Waals surface area contributed by atoms with Gasteiger partial charge in [-0.15, -0.1) is 0 Å². The molecular formula is C18H21N3O5S. The van der Waals surface area contributed by atoms with Crippen molar-refractivity contribution in [1.82, 2.24) is 4.83 Å². The summed E-state index contributed by atoms with van der Waals surface area (Å²) in [6.07, 6.45) is 1.93. The molecule has 2 aromatic rings. The summed E-state index contributed by atoms with van der Waals surface area (Å²) in [5.74, 6) is 0.162. The zero-order chi connectivity index (χ0) is 20.0. The van der Waals surface area contributed by atoms with Crippen LogP contribution in [0.2, 0.25) is 0 Å². The minimum atomic E-state index is -3.82. The van der Waals surface area contributed by atoms with Crippen molar-refractivity contribution in [3.63, 3.8) is 0 Å². The molecule has 0 amide bonds. The van der Waals surface area contributed by atoms with Crippen molar-refractivity contribution in [3.8, 4) is 5.75 Å². The Bertz CT molecular complexity index is 971. The van der Waals surface area contributed by atoms with E-state index in [0.29, 0.717) is 12.2 Å². The first-order chi connectivity index (χ1) is 12.7. The predicted molar refractivity (Wildman–Crippen MR) is 103 cm³/mol. The van der Waals surface area contributed by atoms with Crippen LogP contribution in [0.4, 0.5) is 5.69 Å². The zero-order valence-electron chi connectivity index (χ0n) is 15.3. The summed E-state index contributed by atoms with van der Waals surface area (Å²) in [6.45, 7) is 5.97. The number of nitro groups is 1. The molecule has 0 bridgehead atoms. The number of aryl methyl sites for hydroxylation is 2. The second-order valence-electron chi connectivity index (χ2n) is 5.93. The highest BCUT2D eigenvalue weighted by atomic mass is 32.2. The smallest absolute Gasteiger partial charge is 0.311 e. The van der Waals surface area contributed by atoms with Crippen LogP contribution < -0.4 is 9.57 Å². The number of rotatable bonds is 8. The van der Waals surface area contributed by atoms with Gasteiger partial charge in [-0.1, -0.05) is 13.0 Å². The van der Waals surface area contributed by atoms with Gasteiger partial charge in [0, 0.05) is 11.6 Å². The summed E-state index contributed by atoms with van der Waals surface area (Å²) < 4.78 is 29.9. The molecule has 2 aromatic carbocycles. The van der Waals surface area contributed by atoms with E-state index >= 15 is 0 Å². The van der Waals surface area contributed by atoms with Gasteiger partial charge in [0.15, 0.2) is 5.75 Å². The minimum Gasteiger partial charge on any atom is -0.487 e. The number of nitrogens with one attached hydrogen (secondary N) is 1. The number of benzene rings is 2. The van der Waals surface area contributed by atoms with Crippen LogP contribution in [0.5, 0.6) is 5.75 Å². The summed E-state index contributed by atoms with van der Waals surface area (Å²) in [4.78, 5) is 12.8. The maximum Gasteiger partial charge on any atom is 0.311 e. The molecule has 0 aliphatic heterocycles.